The number of nitrogens with zero attached hydrogens (tertiary/aromatic N) is 2. The van der Waals surface area contributed by atoms with Crippen LogP contribution in [0.1, 0.15) is 69.9 Å². The Morgan fingerprint density at radius 1 is 1.18 bits per heavy atom. The first-order valence-corrected chi connectivity index (χ1v) is 14.5. The van der Waals surface area contributed by atoms with Crippen molar-refractivity contribution >= 4 is 11.9 Å². The number of rotatable bonds is 12. The number of fused-ring (bicyclic) bond motifs is 1. The molecule has 40 heavy (non-hydrogen) atoms. The Hall–Kier alpha value is -3.54. The van der Waals surface area contributed by atoms with E-state index >= 15 is 0 Å². The largest absolute Gasteiger partial charge is 0.494 e. The molecule has 5 N–H and O–H groups in total. The van der Waals surface area contributed by atoms with Gasteiger partial charge in [0.25, 0.3) is 0 Å². The van der Waals surface area contributed by atoms with Gasteiger partial charge in [-0.1, -0.05) is 30.3 Å². The summed E-state index contributed by atoms with van der Waals surface area (Å²) in [5.74, 6) is 5.04. The van der Waals surface area contributed by atoms with Crippen molar-refractivity contribution in [2.75, 3.05) is 13.2 Å². The summed E-state index contributed by atoms with van der Waals surface area (Å²) in [6, 6.07) is 18.2. The van der Waals surface area contributed by atoms with E-state index in [9.17, 15) is 0 Å². The van der Waals surface area contributed by atoms with Crippen LogP contribution in [-0.2, 0) is 4.89 Å². The maximum Gasteiger partial charge on any atom is 0.468 e. The molecule has 0 amide bonds. The number of hydrogen-bond donors (Lipinski definition) is 3. The van der Waals surface area contributed by atoms with Crippen LogP contribution in [0.15, 0.2) is 54.6 Å². The molecule has 5 atom stereocenters. The van der Waals surface area contributed by atoms with Crippen LogP contribution in [0, 0.1) is 23.7 Å². The Kier molecular flexibility index (Phi) is 8.63. The lowest BCUT2D eigenvalue weighted by atomic mass is 9.77. The normalized spacial score (nSPS) is 26.2. The Labute approximate surface area is 237 Å². The summed E-state index contributed by atoms with van der Waals surface area (Å²) in [5, 5.41) is 8.65. The zero-order valence-corrected chi connectivity index (χ0v) is 23.4. The zero-order chi connectivity index (χ0) is 28.1. The van der Waals surface area contributed by atoms with Gasteiger partial charge in [0, 0.05) is 43.9 Å². The summed E-state index contributed by atoms with van der Waals surface area (Å²) >= 11 is 0. The third-order valence-corrected chi connectivity index (χ3v) is 9.01. The SMILES string of the molecule is C#CCCCCOc1ccc(OOC(=N)/[N+](=C(/C)N)C2CC3C4CCC3(C2)N4CC[C@H](N)c2ccccc2)cc1. The van der Waals surface area contributed by atoms with E-state index in [4.69, 9.17) is 37.8 Å². The summed E-state index contributed by atoms with van der Waals surface area (Å²) in [6.45, 7) is 3.43. The molecule has 6 rings (SSSR count). The molecule has 2 aliphatic carbocycles. The molecule has 4 fully saturated rings. The molecule has 0 radical (unpaired) electrons. The molecule has 8 heteroatoms. The van der Waals surface area contributed by atoms with Gasteiger partial charge < -0.3 is 16.2 Å². The predicted molar refractivity (Wildman–Crippen MR) is 156 cm³/mol. The van der Waals surface area contributed by atoms with Gasteiger partial charge in [-0.15, -0.1) is 17.8 Å². The number of nitrogens with one attached hydrogen (secondary N) is 1. The van der Waals surface area contributed by atoms with E-state index in [2.05, 4.69) is 35.1 Å². The summed E-state index contributed by atoms with van der Waals surface area (Å²) < 4.78 is 7.53. The lowest BCUT2D eigenvalue weighted by Crippen LogP contribution is -2.64. The average Bonchev–Trinajstić information content (AvgIpc) is 3.60. The number of unbranched alkanes of at least 4 members (excludes halogenated alkanes) is 2. The summed E-state index contributed by atoms with van der Waals surface area (Å²) in [4.78, 5) is 13.6. The number of terminal acetylenes is 1. The van der Waals surface area contributed by atoms with E-state index in [1.54, 1.807) is 16.7 Å². The quantitative estimate of drug-likeness (QED) is 0.0686. The highest BCUT2D eigenvalue weighted by molar-refractivity contribution is 5.78. The van der Waals surface area contributed by atoms with Crippen molar-refractivity contribution in [1.82, 2.24) is 4.90 Å². The summed E-state index contributed by atoms with van der Waals surface area (Å²) in [6.07, 6.45) is 13.2. The van der Waals surface area contributed by atoms with E-state index in [0.29, 0.717) is 30.2 Å². The third kappa shape index (κ3) is 5.67. The monoisotopic (exact) mass is 544 g/mol. The summed E-state index contributed by atoms with van der Waals surface area (Å²) in [7, 11) is 0. The van der Waals surface area contributed by atoms with E-state index in [1.165, 1.54) is 18.4 Å². The molecule has 1 spiro atoms. The molecule has 212 valence electrons. The fraction of sp³-hybridized carbons (Fsp3) is 0.500. The van der Waals surface area contributed by atoms with Gasteiger partial charge in [-0.2, -0.15) is 4.58 Å². The van der Waals surface area contributed by atoms with Gasteiger partial charge in [0.1, 0.15) is 5.75 Å². The molecule has 2 bridgehead atoms. The second-order valence-corrected chi connectivity index (χ2v) is 11.4. The third-order valence-electron chi connectivity index (χ3n) is 9.01. The minimum absolute atomic E-state index is 0.0441. The van der Waals surface area contributed by atoms with Gasteiger partial charge in [-0.3, -0.25) is 9.79 Å². The molecule has 8 nitrogen and oxygen atoms in total. The number of benzene rings is 2. The predicted octanol–water partition coefficient (Wildman–Crippen LogP) is 4.59. The van der Waals surface area contributed by atoms with Crippen molar-refractivity contribution in [1.29, 1.82) is 5.41 Å². The number of amidine groups is 2. The van der Waals surface area contributed by atoms with Crippen molar-refractivity contribution in [2.24, 2.45) is 17.4 Å². The van der Waals surface area contributed by atoms with Crippen LogP contribution in [0.2, 0.25) is 0 Å². The van der Waals surface area contributed by atoms with E-state index in [0.717, 1.165) is 50.8 Å². The number of ether oxygens (including phenoxy) is 1. The fourth-order valence-corrected chi connectivity index (χ4v) is 7.23. The van der Waals surface area contributed by atoms with Crippen LogP contribution >= 0.6 is 0 Å². The minimum Gasteiger partial charge on any atom is -0.494 e. The van der Waals surface area contributed by atoms with Crippen LogP contribution in [0.25, 0.3) is 0 Å². The molecule has 2 heterocycles. The van der Waals surface area contributed by atoms with Crippen molar-refractivity contribution < 1.29 is 19.1 Å². The first kappa shape index (κ1) is 28.0. The van der Waals surface area contributed by atoms with Crippen molar-refractivity contribution in [2.45, 2.75) is 82.0 Å². The number of nitrogens with two attached hydrogens (primary N) is 2. The van der Waals surface area contributed by atoms with Crippen molar-refractivity contribution in [3.05, 3.63) is 60.2 Å². The summed E-state index contributed by atoms with van der Waals surface area (Å²) in [5.41, 5.74) is 14.2. The highest BCUT2D eigenvalue weighted by Crippen LogP contribution is 2.63. The van der Waals surface area contributed by atoms with Gasteiger partial charge in [-0.05, 0) is 74.3 Å². The smallest absolute Gasteiger partial charge is 0.468 e. The first-order chi connectivity index (χ1) is 19.4. The Bertz CT molecular complexity index is 1240. The van der Waals surface area contributed by atoms with Crippen LogP contribution < -0.4 is 21.1 Å². The minimum atomic E-state index is -0.0925. The van der Waals surface area contributed by atoms with E-state index in [-0.39, 0.29) is 23.6 Å². The fourth-order valence-electron chi connectivity index (χ4n) is 7.23. The lowest BCUT2D eigenvalue weighted by molar-refractivity contribution is -0.488. The molecule has 2 aliphatic heterocycles. The topological polar surface area (TPSA) is 110 Å². The molecule has 2 aromatic carbocycles. The zero-order valence-electron chi connectivity index (χ0n) is 23.4. The second-order valence-electron chi connectivity index (χ2n) is 11.4. The van der Waals surface area contributed by atoms with Gasteiger partial charge in [0.2, 0.25) is 0 Å². The van der Waals surface area contributed by atoms with Crippen LogP contribution in [0.3, 0.4) is 0 Å². The number of hydrogen-bond acceptors (Lipinski definition) is 6. The standard InChI is InChI=1S/C32H41N5O3/c1-3-4-5-9-20-38-26-12-14-27(15-13-26)39-40-31(35)37(23(2)33)25-21-28-30-16-18-32(28,22-25)36(30)19-17-29(34)24-10-7-6-8-11-24/h1,6-8,10-15,25,28-30,33,35H,4-5,9,16-22,34H2,2H3/p+1/t25?,28?,29-,30?,32?/m0/s1. The second kappa shape index (κ2) is 12.3. The Morgan fingerprint density at radius 2 is 1.93 bits per heavy atom. The van der Waals surface area contributed by atoms with Crippen LogP contribution in [0.4, 0.5) is 0 Å². The van der Waals surface area contributed by atoms with Gasteiger partial charge in [0.15, 0.2) is 11.6 Å². The van der Waals surface area contributed by atoms with Crippen LogP contribution in [0.5, 0.6) is 11.5 Å². The van der Waals surface area contributed by atoms with Gasteiger partial charge in [-0.25, -0.2) is 4.89 Å². The molecule has 4 aliphatic rings. The lowest BCUT2D eigenvalue weighted by Gasteiger charge is -2.55. The van der Waals surface area contributed by atoms with E-state index < -0.39 is 0 Å². The van der Waals surface area contributed by atoms with Crippen molar-refractivity contribution in [3.8, 4) is 23.8 Å². The van der Waals surface area contributed by atoms with Crippen LogP contribution in [-0.4, -0.2) is 52.1 Å². The Morgan fingerprint density at radius 3 is 2.65 bits per heavy atom. The molecule has 2 saturated carbocycles. The van der Waals surface area contributed by atoms with Gasteiger partial charge in [0.05, 0.1) is 12.6 Å². The highest BCUT2D eigenvalue weighted by Gasteiger charge is 2.69. The average molecular weight is 545 g/mol. The molecule has 0 aromatic heterocycles. The molecular weight excluding hydrogens is 502 g/mol. The molecule has 4 unspecified atom stereocenters. The highest BCUT2D eigenvalue weighted by atomic mass is 17.2. The molecule has 2 aromatic rings. The van der Waals surface area contributed by atoms with E-state index in [1.807, 2.05) is 25.1 Å². The maximum atomic E-state index is 8.65. The van der Waals surface area contributed by atoms with Crippen molar-refractivity contribution in [3.63, 3.8) is 0 Å². The molecule has 2 saturated heterocycles. The molecular formula is C32H42N5O3+. The Balaban J connectivity index is 1.13. The first-order valence-electron chi connectivity index (χ1n) is 14.5. The van der Waals surface area contributed by atoms with Gasteiger partial charge >= 0.3 is 6.02 Å². The maximum absolute atomic E-state index is 8.65.